The Morgan fingerprint density at radius 2 is 1.75 bits per heavy atom. The molecule has 0 aromatic heterocycles. The zero-order valence-corrected chi connectivity index (χ0v) is 16.0. The van der Waals surface area contributed by atoms with E-state index in [2.05, 4.69) is 50.3 Å². The number of alkyl halides is 1. The van der Waals surface area contributed by atoms with Gasteiger partial charge in [-0.3, -0.25) is 0 Å². The van der Waals surface area contributed by atoms with Crippen molar-refractivity contribution in [2.45, 2.75) is 90.8 Å². The van der Waals surface area contributed by atoms with E-state index in [0.717, 1.165) is 11.8 Å². The predicted molar refractivity (Wildman–Crippen MR) is 95.5 cm³/mol. The summed E-state index contributed by atoms with van der Waals surface area (Å²) in [5.74, 6) is 1.75. The molecule has 2 rings (SSSR count). The minimum atomic E-state index is 0.198. The molecule has 2 aliphatic carbocycles. The first-order valence-electron chi connectivity index (χ1n) is 8.58. The van der Waals surface area contributed by atoms with Crippen molar-refractivity contribution in [1.82, 2.24) is 0 Å². The molecule has 2 fully saturated rings. The van der Waals surface area contributed by atoms with Gasteiger partial charge in [0.2, 0.25) is 0 Å². The molecule has 0 aromatic carbocycles. The van der Waals surface area contributed by atoms with Gasteiger partial charge in [-0.15, -0.1) is 0 Å². The van der Waals surface area contributed by atoms with Gasteiger partial charge in [-0.25, -0.2) is 0 Å². The molecule has 2 unspecified atom stereocenters. The third kappa shape index (κ3) is 4.34. The number of hydrogen-bond acceptors (Lipinski definition) is 1. The zero-order valence-electron chi connectivity index (χ0n) is 13.9. The van der Waals surface area contributed by atoms with Crippen LogP contribution in [-0.4, -0.2) is 16.1 Å². The van der Waals surface area contributed by atoms with Crippen molar-refractivity contribution in [2.24, 2.45) is 17.3 Å². The van der Waals surface area contributed by atoms with Crippen LogP contribution in [0.1, 0.15) is 79.1 Å². The van der Waals surface area contributed by atoms with Gasteiger partial charge in [0, 0.05) is 4.43 Å². The van der Waals surface area contributed by atoms with Crippen molar-refractivity contribution >= 4 is 22.6 Å². The normalized spacial score (nSPS) is 39.8. The second-order valence-corrected chi connectivity index (χ2v) is 9.23. The molecule has 118 valence electrons. The number of ether oxygens (including phenoxy) is 1. The molecule has 0 aliphatic heterocycles. The van der Waals surface area contributed by atoms with E-state index in [1.165, 1.54) is 55.8 Å². The Hall–Kier alpha value is 0.690. The fourth-order valence-corrected chi connectivity index (χ4v) is 5.07. The summed E-state index contributed by atoms with van der Waals surface area (Å²) < 4.78 is 7.87. The number of hydrogen-bond donors (Lipinski definition) is 0. The maximum absolute atomic E-state index is 6.69. The quantitative estimate of drug-likeness (QED) is 0.423. The van der Waals surface area contributed by atoms with E-state index in [0.29, 0.717) is 11.5 Å². The second kappa shape index (κ2) is 6.85. The average Bonchev–Trinajstić information content (AvgIpc) is 2.38. The maximum Gasteiger partial charge on any atom is 0.0775 e. The first kappa shape index (κ1) is 17.1. The van der Waals surface area contributed by atoms with E-state index in [1.807, 2.05) is 0 Å². The van der Waals surface area contributed by atoms with Gasteiger partial charge in [-0.1, -0.05) is 63.1 Å². The molecular weight excluding hydrogens is 359 g/mol. The van der Waals surface area contributed by atoms with Crippen LogP contribution in [0.15, 0.2) is 0 Å². The SMILES string of the molecule is CC1CCCC(OC2(CI)CCC(C(C)(C)C)CC2)C1. The molecule has 0 spiro atoms. The topological polar surface area (TPSA) is 9.23 Å². The van der Waals surface area contributed by atoms with Crippen LogP contribution >= 0.6 is 22.6 Å². The Labute approximate surface area is 139 Å². The molecule has 0 saturated heterocycles. The predicted octanol–water partition coefficient (Wildman–Crippen LogP) is 5.99. The highest BCUT2D eigenvalue weighted by atomic mass is 127. The molecule has 1 nitrogen and oxygen atoms in total. The monoisotopic (exact) mass is 392 g/mol. The Bertz CT molecular complexity index is 299. The van der Waals surface area contributed by atoms with Gasteiger partial charge in [-0.2, -0.15) is 0 Å². The lowest BCUT2D eigenvalue weighted by atomic mass is 9.68. The lowest BCUT2D eigenvalue weighted by molar-refractivity contribution is -0.123. The second-order valence-electron chi connectivity index (χ2n) is 8.47. The Morgan fingerprint density at radius 1 is 1.10 bits per heavy atom. The first-order chi connectivity index (χ1) is 9.35. The van der Waals surface area contributed by atoms with E-state index in [1.54, 1.807) is 0 Å². The van der Waals surface area contributed by atoms with Gasteiger partial charge in [0.1, 0.15) is 0 Å². The summed E-state index contributed by atoms with van der Waals surface area (Å²) in [6.07, 6.45) is 11.2. The molecule has 2 aliphatic rings. The van der Waals surface area contributed by atoms with Crippen LogP contribution in [0, 0.1) is 17.3 Å². The number of rotatable bonds is 3. The smallest absolute Gasteiger partial charge is 0.0775 e. The van der Waals surface area contributed by atoms with E-state index in [4.69, 9.17) is 4.74 Å². The van der Waals surface area contributed by atoms with Crippen molar-refractivity contribution in [3.63, 3.8) is 0 Å². The first-order valence-corrected chi connectivity index (χ1v) is 10.1. The lowest BCUT2D eigenvalue weighted by Crippen LogP contribution is -2.44. The summed E-state index contributed by atoms with van der Waals surface area (Å²) in [7, 11) is 0. The van der Waals surface area contributed by atoms with Crippen molar-refractivity contribution < 1.29 is 4.74 Å². The molecule has 20 heavy (non-hydrogen) atoms. The van der Waals surface area contributed by atoms with Crippen LogP contribution < -0.4 is 0 Å². The van der Waals surface area contributed by atoms with Crippen molar-refractivity contribution in [1.29, 1.82) is 0 Å². The van der Waals surface area contributed by atoms with E-state index in [9.17, 15) is 0 Å². The minimum Gasteiger partial charge on any atom is -0.371 e. The summed E-state index contributed by atoms with van der Waals surface area (Å²) in [6, 6.07) is 0. The van der Waals surface area contributed by atoms with Crippen LogP contribution in [0.2, 0.25) is 0 Å². The lowest BCUT2D eigenvalue weighted by Gasteiger charge is -2.45. The zero-order chi connectivity index (χ0) is 14.8. The third-order valence-electron chi connectivity index (χ3n) is 5.67. The van der Waals surface area contributed by atoms with Gasteiger partial charge in [-0.05, 0) is 55.8 Å². The highest BCUT2D eigenvalue weighted by molar-refractivity contribution is 14.1. The molecule has 2 atom stereocenters. The van der Waals surface area contributed by atoms with Crippen molar-refractivity contribution in [3.8, 4) is 0 Å². The number of halogens is 1. The molecule has 0 N–H and O–H groups in total. The average molecular weight is 392 g/mol. The molecular formula is C18H33IO. The Morgan fingerprint density at radius 3 is 2.25 bits per heavy atom. The van der Waals surface area contributed by atoms with Gasteiger partial charge in [0.25, 0.3) is 0 Å². The van der Waals surface area contributed by atoms with Crippen molar-refractivity contribution in [2.75, 3.05) is 4.43 Å². The van der Waals surface area contributed by atoms with Crippen LogP contribution in [0.3, 0.4) is 0 Å². The van der Waals surface area contributed by atoms with Crippen molar-refractivity contribution in [3.05, 3.63) is 0 Å². The molecule has 0 amide bonds. The summed E-state index contributed by atoms with van der Waals surface area (Å²) in [5.41, 5.74) is 0.667. The molecule has 0 aromatic rings. The van der Waals surface area contributed by atoms with Gasteiger partial charge in [0.15, 0.2) is 0 Å². The van der Waals surface area contributed by atoms with E-state index < -0.39 is 0 Å². The van der Waals surface area contributed by atoms with Crippen LogP contribution in [-0.2, 0) is 4.74 Å². The standard InChI is InChI=1S/C18H33IO/c1-14-6-5-7-16(12-14)20-18(13-19)10-8-15(9-11-18)17(2,3)4/h14-16H,5-13H2,1-4H3. The summed E-state index contributed by atoms with van der Waals surface area (Å²) >= 11 is 2.56. The molecule has 0 heterocycles. The maximum atomic E-state index is 6.69. The van der Waals surface area contributed by atoms with E-state index >= 15 is 0 Å². The van der Waals surface area contributed by atoms with Gasteiger partial charge < -0.3 is 4.74 Å². The third-order valence-corrected chi connectivity index (χ3v) is 7.06. The van der Waals surface area contributed by atoms with Crippen LogP contribution in [0.5, 0.6) is 0 Å². The van der Waals surface area contributed by atoms with E-state index in [-0.39, 0.29) is 5.60 Å². The van der Waals surface area contributed by atoms with Crippen LogP contribution in [0.4, 0.5) is 0 Å². The largest absolute Gasteiger partial charge is 0.371 e. The molecule has 0 bridgehead atoms. The fourth-order valence-electron chi connectivity index (χ4n) is 4.13. The Kier molecular flexibility index (Phi) is 5.84. The molecule has 0 radical (unpaired) electrons. The fraction of sp³-hybridized carbons (Fsp3) is 1.00. The van der Waals surface area contributed by atoms with Crippen LogP contribution in [0.25, 0.3) is 0 Å². The summed E-state index contributed by atoms with van der Waals surface area (Å²) in [4.78, 5) is 0. The minimum absolute atomic E-state index is 0.198. The summed E-state index contributed by atoms with van der Waals surface area (Å²) in [5, 5.41) is 0. The van der Waals surface area contributed by atoms with Gasteiger partial charge >= 0.3 is 0 Å². The molecule has 2 heteroatoms. The summed E-state index contributed by atoms with van der Waals surface area (Å²) in [6.45, 7) is 9.60. The molecule has 2 saturated carbocycles. The highest BCUT2D eigenvalue weighted by Gasteiger charge is 2.40. The Balaban J connectivity index is 1.91. The van der Waals surface area contributed by atoms with Gasteiger partial charge in [0.05, 0.1) is 11.7 Å². The highest BCUT2D eigenvalue weighted by Crippen LogP contribution is 2.45.